The summed E-state index contributed by atoms with van der Waals surface area (Å²) >= 11 is 5.89. The van der Waals surface area contributed by atoms with Gasteiger partial charge in [-0.2, -0.15) is 5.26 Å². The number of likely N-dealkylation sites (tertiary alicyclic amines) is 1. The van der Waals surface area contributed by atoms with Gasteiger partial charge in [-0.15, -0.1) is 0 Å². The lowest BCUT2D eigenvalue weighted by Crippen LogP contribution is -2.39. The van der Waals surface area contributed by atoms with E-state index in [1.54, 1.807) is 0 Å². The summed E-state index contributed by atoms with van der Waals surface area (Å²) in [7, 11) is -3.60. The van der Waals surface area contributed by atoms with E-state index in [-0.39, 0.29) is 21.5 Å². The number of halogens is 1. The molecule has 0 aliphatic carbocycles. The molecule has 2 rings (SSSR count). The summed E-state index contributed by atoms with van der Waals surface area (Å²) in [6.45, 7) is 4.42. The average Bonchev–Trinajstić information content (AvgIpc) is 2.92. The normalized spacial score (nSPS) is 19.6. The van der Waals surface area contributed by atoms with Gasteiger partial charge < -0.3 is 0 Å². The number of nitrogens with zero attached hydrogens (tertiary/aromatic N) is 2. The zero-order chi connectivity index (χ0) is 15.5. The molecule has 1 aliphatic rings. The Balaban J connectivity index is 2.08. The van der Waals surface area contributed by atoms with E-state index in [4.69, 9.17) is 16.9 Å². The van der Waals surface area contributed by atoms with Gasteiger partial charge in [0, 0.05) is 12.6 Å². The van der Waals surface area contributed by atoms with Gasteiger partial charge in [-0.05, 0) is 44.1 Å². The Hall–Kier alpha value is -1.13. The minimum absolute atomic E-state index is 0.0903. The molecule has 5 nitrogen and oxygen atoms in total. The maximum atomic E-state index is 12.3. The minimum atomic E-state index is -3.60. The van der Waals surface area contributed by atoms with E-state index in [0.29, 0.717) is 6.54 Å². The molecule has 1 aromatic carbocycles. The second-order valence-electron chi connectivity index (χ2n) is 5.03. The van der Waals surface area contributed by atoms with Crippen molar-refractivity contribution in [1.82, 2.24) is 9.62 Å². The highest BCUT2D eigenvalue weighted by Gasteiger charge is 2.25. The Morgan fingerprint density at radius 1 is 1.52 bits per heavy atom. The Kier molecular flexibility index (Phi) is 5.22. The number of sulfonamides is 1. The van der Waals surface area contributed by atoms with E-state index < -0.39 is 10.0 Å². The van der Waals surface area contributed by atoms with Crippen LogP contribution in [0, 0.1) is 11.3 Å². The number of nitriles is 1. The van der Waals surface area contributed by atoms with Gasteiger partial charge in [0.1, 0.15) is 6.07 Å². The summed E-state index contributed by atoms with van der Waals surface area (Å²) in [6, 6.07) is 6.30. The van der Waals surface area contributed by atoms with Gasteiger partial charge in [-0.3, -0.25) is 4.90 Å². The van der Waals surface area contributed by atoms with Crippen LogP contribution in [0.5, 0.6) is 0 Å². The highest BCUT2D eigenvalue weighted by Crippen LogP contribution is 2.21. The lowest BCUT2D eigenvalue weighted by Gasteiger charge is -2.22. The van der Waals surface area contributed by atoms with E-state index in [0.717, 1.165) is 25.9 Å². The molecule has 0 bridgehead atoms. The standard InChI is InChI=1S/C14H18ClN3O2S/c1-2-18-7-3-4-12(18)10-17-21(19,20)13-6-5-11(9-16)14(15)8-13/h5-6,8,12,17H,2-4,7,10H2,1H3. The highest BCUT2D eigenvalue weighted by atomic mass is 35.5. The molecule has 1 fully saturated rings. The molecule has 1 aliphatic heterocycles. The van der Waals surface area contributed by atoms with Crippen molar-refractivity contribution < 1.29 is 8.42 Å². The highest BCUT2D eigenvalue weighted by molar-refractivity contribution is 7.89. The molecule has 1 heterocycles. The molecule has 0 radical (unpaired) electrons. The van der Waals surface area contributed by atoms with Gasteiger partial charge >= 0.3 is 0 Å². The SMILES string of the molecule is CCN1CCCC1CNS(=O)(=O)c1ccc(C#N)c(Cl)c1. The van der Waals surface area contributed by atoms with Crippen LogP contribution in [0.3, 0.4) is 0 Å². The van der Waals surface area contributed by atoms with Gasteiger partial charge in [0.2, 0.25) is 10.0 Å². The summed E-state index contributed by atoms with van der Waals surface area (Å²) in [5.74, 6) is 0. The van der Waals surface area contributed by atoms with Crippen molar-refractivity contribution >= 4 is 21.6 Å². The van der Waals surface area contributed by atoms with Gasteiger partial charge in [-0.25, -0.2) is 13.1 Å². The van der Waals surface area contributed by atoms with Crippen molar-refractivity contribution in [2.75, 3.05) is 19.6 Å². The fourth-order valence-corrected chi connectivity index (χ4v) is 3.97. The van der Waals surface area contributed by atoms with E-state index in [9.17, 15) is 8.42 Å². The molecule has 1 N–H and O–H groups in total. The van der Waals surface area contributed by atoms with E-state index >= 15 is 0 Å². The van der Waals surface area contributed by atoms with Crippen LogP contribution < -0.4 is 4.72 Å². The summed E-state index contributed by atoms with van der Waals surface area (Å²) in [6.07, 6.45) is 2.10. The van der Waals surface area contributed by atoms with Crippen LogP contribution in [0.15, 0.2) is 23.1 Å². The molecule has 0 saturated carbocycles. The first kappa shape index (κ1) is 16.2. The quantitative estimate of drug-likeness (QED) is 0.897. The molecule has 114 valence electrons. The maximum Gasteiger partial charge on any atom is 0.240 e. The number of hydrogen-bond donors (Lipinski definition) is 1. The molecular formula is C14H18ClN3O2S. The lowest BCUT2D eigenvalue weighted by molar-refractivity contribution is 0.268. The Bertz CT molecular complexity index is 655. The van der Waals surface area contributed by atoms with Crippen LogP contribution >= 0.6 is 11.6 Å². The maximum absolute atomic E-state index is 12.3. The van der Waals surface area contributed by atoms with Crippen molar-refractivity contribution in [3.63, 3.8) is 0 Å². The van der Waals surface area contributed by atoms with Gasteiger partial charge in [0.05, 0.1) is 15.5 Å². The Morgan fingerprint density at radius 3 is 2.90 bits per heavy atom. The summed E-state index contributed by atoms with van der Waals surface area (Å²) in [4.78, 5) is 2.36. The van der Waals surface area contributed by atoms with E-state index in [2.05, 4.69) is 16.5 Å². The summed E-state index contributed by atoms with van der Waals surface area (Å²) in [5.41, 5.74) is 0.267. The fourth-order valence-electron chi connectivity index (χ4n) is 2.59. The third-order valence-corrected chi connectivity index (χ3v) is 5.52. The van der Waals surface area contributed by atoms with Gasteiger partial charge in [0.25, 0.3) is 0 Å². The minimum Gasteiger partial charge on any atom is -0.299 e. The monoisotopic (exact) mass is 327 g/mol. The molecule has 1 unspecified atom stereocenters. The van der Waals surface area contributed by atoms with E-state index in [1.165, 1.54) is 18.2 Å². The number of likely N-dealkylation sites (N-methyl/N-ethyl adjacent to an activating group) is 1. The van der Waals surface area contributed by atoms with Crippen LogP contribution in [0.2, 0.25) is 5.02 Å². The predicted octanol–water partition coefficient (Wildman–Crippen LogP) is 1.97. The van der Waals surface area contributed by atoms with Gasteiger partial charge in [-0.1, -0.05) is 18.5 Å². The van der Waals surface area contributed by atoms with Crippen LogP contribution in [-0.2, 0) is 10.0 Å². The molecule has 0 spiro atoms. The molecule has 1 saturated heterocycles. The smallest absolute Gasteiger partial charge is 0.240 e. The molecule has 21 heavy (non-hydrogen) atoms. The summed E-state index contributed by atoms with van der Waals surface area (Å²) in [5, 5.41) is 8.96. The lowest BCUT2D eigenvalue weighted by atomic mass is 10.2. The first-order chi connectivity index (χ1) is 9.97. The first-order valence-corrected chi connectivity index (χ1v) is 8.77. The first-order valence-electron chi connectivity index (χ1n) is 6.91. The largest absolute Gasteiger partial charge is 0.299 e. The fraction of sp³-hybridized carbons (Fsp3) is 0.500. The molecule has 7 heteroatoms. The predicted molar refractivity (Wildman–Crippen MR) is 81.6 cm³/mol. The van der Waals surface area contributed by atoms with Crippen LogP contribution in [-0.4, -0.2) is 39.0 Å². The van der Waals surface area contributed by atoms with Crippen molar-refractivity contribution in [2.45, 2.75) is 30.7 Å². The molecule has 0 aromatic heterocycles. The second-order valence-corrected chi connectivity index (χ2v) is 7.20. The zero-order valence-electron chi connectivity index (χ0n) is 11.8. The van der Waals surface area contributed by atoms with E-state index in [1.807, 2.05) is 6.07 Å². The second kappa shape index (κ2) is 6.75. The third kappa shape index (κ3) is 3.74. The molecule has 1 atom stereocenters. The zero-order valence-corrected chi connectivity index (χ0v) is 13.4. The van der Waals surface area contributed by atoms with Crippen LogP contribution in [0.25, 0.3) is 0 Å². The van der Waals surface area contributed by atoms with Crippen molar-refractivity contribution in [3.05, 3.63) is 28.8 Å². The van der Waals surface area contributed by atoms with Gasteiger partial charge in [0.15, 0.2) is 0 Å². The molecule has 1 aromatic rings. The van der Waals surface area contributed by atoms with Crippen molar-refractivity contribution in [1.29, 1.82) is 5.26 Å². The Labute approximate surface area is 130 Å². The number of benzene rings is 1. The topological polar surface area (TPSA) is 73.2 Å². The van der Waals surface area contributed by atoms with Crippen molar-refractivity contribution in [3.8, 4) is 6.07 Å². The number of rotatable bonds is 5. The third-order valence-electron chi connectivity index (χ3n) is 3.79. The molecular weight excluding hydrogens is 310 g/mol. The Morgan fingerprint density at radius 2 is 2.29 bits per heavy atom. The molecule has 0 amide bonds. The summed E-state index contributed by atoms with van der Waals surface area (Å²) < 4.78 is 27.2. The van der Waals surface area contributed by atoms with Crippen LogP contribution in [0.1, 0.15) is 25.3 Å². The average molecular weight is 328 g/mol. The number of nitrogens with one attached hydrogen (secondary N) is 1. The van der Waals surface area contributed by atoms with Crippen LogP contribution in [0.4, 0.5) is 0 Å². The van der Waals surface area contributed by atoms with Crippen molar-refractivity contribution in [2.24, 2.45) is 0 Å². The number of hydrogen-bond acceptors (Lipinski definition) is 4.